The second-order valence-electron chi connectivity index (χ2n) is 8.32. The number of carbonyl (C=O) groups is 2. The number of halogens is 2. The maximum atomic E-state index is 12.2. The Morgan fingerprint density at radius 1 is 0.541 bits per heavy atom. The van der Waals surface area contributed by atoms with Gasteiger partial charge in [0, 0.05) is 32.5 Å². The predicted octanol–water partition coefficient (Wildman–Crippen LogP) is 8.11. The van der Waals surface area contributed by atoms with E-state index in [-0.39, 0.29) is 11.8 Å². The Kier molecular flexibility index (Phi) is 9.24. The van der Waals surface area contributed by atoms with Gasteiger partial charge in [-0.15, -0.1) is 0 Å². The van der Waals surface area contributed by atoms with E-state index in [1.807, 2.05) is 97.1 Å². The first-order valence-electron chi connectivity index (χ1n) is 11.6. The number of carbonyl (C=O) groups excluding carboxylic acids is 2. The Balaban J connectivity index is 1.26. The van der Waals surface area contributed by atoms with Crippen molar-refractivity contribution in [2.75, 3.05) is 10.6 Å². The van der Waals surface area contributed by atoms with Crippen LogP contribution in [-0.4, -0.2) is 11.8 Å². The van der Waals surface area contributed by atoms with Gasteiger partial charge in [0.1, 0.15) is 0 Å². The number of amides is 2. The molecule has 0 heterocycles. The molecule has 0 aliphatic rings. The molecule has 2 amide bonds. The van der Waals surface area contributed by atoms with Gasteiger partial charge in [0.15, 0.2) is 0 Å². The number of rotatable bonds is 8. The van der Waals surface area contributed by atoms with Crippen LogP contribution in [0.1, 0.15) is 22.3 Å². The predicted molar refractivity (Wildman–Crippen MR) is 159 cm³/mol. The second kappa shape index (κ2) is 13.0. The van der Waals surface area contributed by atoms with Gasteiger partial charge in [-0.3, -0.25) is 9.59 Å². The SMILES string of the molecule is O=C(/C=C/c1ccc(Br)cc1)Nc1ccc(Cc2ccc(NC(=O)/C=C/c3ccc(Br)cc3)cc2)cc1. The zero-order chi connectivity index (χ0) is 26.0. The van der Waals surface area contributed by atoms with Crippen molar-refractivity contribution >= 4 is 67.2 Å². The maximum absolute atomic E-state index is 12.2. The lowest BCUT2D eigenvalue weighted by Crippen LogP contribution is -2.08. The molecule has 0 unspecified atom stereocenters. The summed E-state index contributed by atoms with van der Waals surface area (Å²) in [6.45, 7) is 0. The monoisotopic (exact) mass is 614 g/mol. The van der Waals surface area contributed by atoms with Gasteiger partial charge in [0.05, 0.1) is 0 Å². The van der Waals surface area contributed by atoms with Crippen molar-refractivity contribution < 1.29 is 9.59 Å². The van der Waals surface area contributed by atoms with Crippen LogP contribution in [0.15, 0.2) is 118 Å². The first kappa shape index (κ1) is 26.3. The highest BCUT2D eigenvalue weighted by Gasteiger charge is 2.02. The smallest absolute Gasteiger partial charge is 0.248 e. The minimum atomic E-state index is -0.181. The fourth-order valence-corrected chi connectivity index (χ4v) is 4.04. The minimum Gasteiger partial charge on any atom is -0.323 e. The van der Waals surface area contributed by atoms with Crippen molar-refractivity contribution in [1.82, 2.24) is 0 Å². The normalized spacial score (nSPS) is 11.1. The molecule has 0 saturated heterocycles. The average Bonchev–Trinajstić information content (AvgIpc) is 2.90. The van der Waals surface area contributed by atoms with E-state index >= 15 is 0 Å². The Morgan fingerprint density at radius 3 is 1.24 bits per heavy atom. The topological polar surface area (TPSA) is 58.2 Å². The molecule has 0 aliphatic heterocycles. The lowest BCUT2D eigenvalue weighted by atomic mass is 10.0. The molecule has 0 spiro atoms. The van der Waals surface area contributed by atoms with Crippen LogP contribution in [-0.2, 0) is 16.0 Å². The highest BCUT2D eigenvalue weighted by Crippen LogP contribution is 2.17. The largest absolute Gasteiger partial charge is 0.323 e. The van der Waals surface area contributed by atoms with E-state index in [0.29, 0.717) is 0 Å². The highest BCUT2D eigenvalue weighted by molar-refractivity contribution is 9.10. The number of hydrogen-bond donors (Lipinski definition) is 2. The standard InChI is InChI=1S/C31H24Br2N2O2/c32-26-11-1-22(2-12-26)9-19-30(36)34-28-15-5-24(6-16-28)21-25-7-17-29(18-8-25)35-31(37)20-10-23-3-13-27(33)14-4-23/h1-20H,21H2,(H,34,36)(H,35,37)/b19-9+,20-10+. The summed E-state index contributed by atoms with van der Waals surface area (Å²) in [5.41, 5.74) is 5.63. The summed E-state index contributed by atoms with van der Waals surface area (Å²) in [6.07, 6.45) is 7.35. The van der Waals surface area contributed by atoms with E-state index in [9.17, 15) is 9.59 Å². The van der Waals surface area contributed by atoms with Gasteiger partial charge in [0.2, 0.25) is 11.8 Å². The van der Waals surface area contributed by atoms with E-state index in [2.05, 4.69) is 42.5 Å². The number of nitrogens with one attached hydrogen (secondary N) is 2. The van der Waals surface area contributed by atoms with Crippen molar-refractivity contribution in [3.05, 3.63) is 140 Å². The quantitative estimate of drug-likeness (QED) is 0.197. The molecule has 2 N–H and O–H groups in total. The lowest BCUT2D eigenvalue weighted by molar-refractivity contribution is -0.112. The fourth-order valence-electron chi connectivity index (χ4n) is 3.51. The van der Waals surface area contributed by atoms with Crippen LogP contribution in [0.5, 0.6) is 0 Å². The minimum absolute atomic E-state index is 0.181. The third-order valence-electron chi connectivity index (χ3n) is 5.45. The van der Waals surface area contributed by atoms with Crippen molar-refractivity contribution in [2.45, 2.75) is 6.42 Å². The summed E-state index contributed by atoms with van der Waals surface area (Å²) in [7, 11) is 0. The van der Waals surface area contributed by atoms with E-state index < -0.39 is 0 Å². The molecular formula is C31H24Br2N2O2. The average molecular weight is 616 g/mol. The van der Waals surface area contributed by atoms with Crippen LogP contribution in [0.3, 0.4) is 0 Å². The maximum Gasteiger partial charge on any atom is 0.248 e. The summed E-state index contributed by atoms with van der Waals surface area (Å²) < 4.78 is 2.00. The zero-order valence-corrected chi connectivity index (χ0v) is 23.0. The highest BCUT2D eigenvalue weighted by atomic mass is 79.9. The van der Waals surface area contributed by atoms with E-state index in [1.165, 1.54) is 12.2 Å². The van der Waals surface area contributed by atoms with Gasteiger partial charge in [-0.1, -0.05) is 80.4 Å². The Bertz CT molecular complexity index is 1300. The summed E-state index contributed by atoms with van der Waals surface area (Å²) in [6, 6.07) is 31.1. The fraction of sp³-hybridized carbons (Fsp3) is 0.0323. The third kappa shape index (κ3) is 8.70. The van der Waals surface area contributed by atoms with Crippen LogP contribution in [0.25, 0.3) is 12.2 Å². The third-order valence-corrected chi connectivity index (χ3v) is 6.50. The van der Waals surface area contributed by atoms with Gasteiger partial charge in [0.25, 0.3) is 0 Å². The molecule has 4 rings (SSSR count). The molecule has 0 saturated carbocycles. The molecule has 0 radical (unpaired) electrons. The van der Waals surface area contributed by atoms with Crippen molar-refractivity contribution in [3.8, 4) is 0 Å². The molecule has 4 aromatic rings. The van der Waals surface area contributed by atoms with E-state index in [4.69, 9.17) is 0 Å². The number of benzene rings is 4. The molecule has 184 valence electrons. The Morgan fingerprint density at radius 2 is 0.892 bits per heavy atom. The molecule has 37 heavy (non-hydrogen) atoms. The van der Waals surface area contributed by atoms with Gasteiger partial charge < -0.3 is 10.6 Å². The first-order valence-corrected chi connectivity index (χ1v) is 13.2. The lowest BCUT2D eigenvalue weighted by Gasteiger charge is -2.07. The molecule has 4 aromatic carbocycles. The van der Waals surface area contributed by atoms with Crippen molar-refractivity contribution in [2.24, 2.45) is 0 Å². The summed E-state index contributed by atoms with van der Waals surface area (Å²) in [4.78, 5) is 24.4. The van der Waals surface area contributed by atoms with Gasteiger partial charge in [-0.2, -0.15) is 0 Å². The summed E-state index contributed by atoms with van der Waals surface area (Å²) >= 11 is 6.80. The van der Waals surface area contributed by atoms with Gasteiger partial charge >= 0.3 is 0 Å². The van der Waals surface area contributed by atoms with Crippen molar-refractivity contribution in [3.63, 3.8) is 0 Å². The second-order valence-corrected chi connectivity index (χ2v) is 10.2. The molecule has 0 fully saturated rings. The van der Waals surface area contributed by atoms with Gasteiger partial charge in [-0.25, -0.2) is 0 Å². The molecule has 6 heteroatoms. The molecule has 0 aliphatic carbocycles. The van der Waals surface area contributed by atoms with Crippen LogP contribution in [0, 0.1) is 0 Å². The number of anilines is 2. The Hall–Kier alpha value is -3.74. The number of hydrogen-bond acceptors (Lipinski definition) is 2. The van der Waals surface area contributed by atoms with Crippen molar-refractivity contribution in [1.29, 1.82) is 0 Å². The van der Waals surface area contributed by atoms with E-state index in [1.54, 1.807) is 12.2 Å². The molecule has 4 nitrogen and oxygen atoms in total. The molecular weight excluding hydrogens is 592 g/mol. The molecule has 0 aromatic heterocycles. The van der Waals surface area contributed by atoms with Crippen LogP contribution < -0.4 is 10.6 Å². The van der Waals surface area contributed by atoms with Crippen LogP contribution >= 0.6 is 31.9 Å². The first-order chi connectivity index (χ1) is 17.9. The summed E-state index contributed by atoms with van der Waals surface area (Å²) in [5.74, 6) is -0.361. The van der Waals surface area contributed by atoms with E-state index in [0.717, 1.165) is 49.0 Å². The Labute approximate surface area is 233 Å². The molecule has 0 bridgehead atoms. The zero-order valence-electron chi connectivity index (χ0n) is 19.8. The van der Waals surface area contributed by atoms with Crippen LogP contribution in [0.4, 0.5) is 11.4 Å². The van der Waals surface area contributed by atoms with Gasteiger partial charge in [-0.05, 0) is 89.4 Å². The summed E-state index contributed by atoms with van der Waals surface area (Å²) in [5, 5.41) is 5.76. The molecule has 0 atom stereocenters. The van der Waals surface area contributed by atoms with Crippen LogP contribution in [0.2, 0.25) is 0 Å².